The second-order valence-electron chi connectivity index (χ2n) is 7.50. The lowest BCUT2D eigenvalue weighted by Crippen LogP contribution is -2.38. The van der Waals surface area contributed by atoms with Crippen molar-refractivity contribution in [3.63, 3.8) is 0 Å². The number of carbonyl (C=O) groups excluding carboxylic acids is 2. The van der Waals surface area contributed by atoms with Crippen LogP contribution in [0.5, 0.6) is 0 Å². The summed E-state index contributed by atoms with van der Waals surface area (Å²) < 4.78 is 5.85. The van der Waals surface area contributed by atoms with Gasteiger partial charge in [0, 0.05) is 32.1 Å². The van der Waals surface area contributed by atoms with E-state index in [0.29, 0.717) is 41.0 Å². The third-order valence-corrected chi connectivity index (χ3v) is 5.97. The maximum atomic E-state index is 12.7. The molecule has 2 aromatic rings. The van der Waals surface area contributed by atoms with Crippen LogP contribution in [0, 0.1) is 6.92 Å². The molecular weight excluding hydrogens is 378 g/mol. The smallest absolute Gasteiger partial charge is 0.276 e. The Labute approximate surface area is 169 Å². The Hall–Kier alpha value is -2.34. The Kier molecular flexibility index (Phi) is 5.40. The van der Waals surface area contributed by atoms with E-state index in [1.807, 2.05) is 21.9 Å². The number of benzene rings is 1. The molecule has 0 unspecified atom stereocenters. The Morgan fingerprint density at radius 1 is 1.04 bits per heavy atom. The number of oxazole rings is 1. The SMILES string of the molecule is Cc1oc(C2CCN(C(=O)c3ccccc3Cl)CC2)nc1C(=O)N1CCCC1. The van der Waals surface area contributed by atoms with Gasteiger partial charge < -0.3 is 14.2 Å². The minimum atomic E-state index is -0.0439. The summed E-state index contributed by atoms with van der Waals surface area (Å²) in [5.74, 6) is 1.24. The predicted molar refractivity (Wildman–Crippen MR) is 106 cm³/mol. The molecule has 28 heavy (non-hydrogen) atoms. The summed E-state index contributed by atoms with van der Waals surface area (Å²) in [7, 11) is 0. The number of hydrogen-bond acceptors (Lipinski definition) is 4. The fourth-order valence-corrected chi connectivity index (χ4v) is 4.21. The number of rotatable bonds is 3. The number of amides is 2. The first-order chi connectivity index (χ1) is 13.5. The van der Waals surface area contributed by atoms with Gasteiger partial charge in [-0.1, -0.05) is 23.7 Å². The zero-order chi connectivity index (χ0) is 19.7. The van der Waals surface area contributed by atoms with Gasteiger partial charge >= 0.3 is 0 Å². The van der Waals surface area contributed by atoms with Crippen LogP contribution >= 0.6 is 11.6 Å². The van der Waals surface area contributed by atoms with E-state index in [2.05, 4.69) is 4.98 Å². The quantitative estimate of drug-likeness (QED) is 0.782. The van der Waals surface area contributed by atoms with Crippen molar-refractivity contribution in [3.05, 3.63) is 52.2 Å². The lowest BCUT2D eigenvalue weighted by molar-refractivity contribution is 0.0706. The van der Waals surface area contributed by atoms with E-state index in [4.69, 9.17) is 16.0 Å². The predicted octanol–water partition coefficient (Wildman–Crippen LogP) is 3.89. The van der Waals surface area contributed by atoms with Crippen LogP contribution in [0.25, 0.3) is 0 Å². The second-order valence-corrected chi connectivity index (χ2v) is 7.91. The summed E-state index contributed by atoms with van der Waals surface area (Å²) >= 11 is 6.16. The highest BCUT2D eigenvalue weighted by molar-refractivity contribution is 6.33. The summed E-state index contributed by atoms with van der Waals surface area (Å²) in [6.45, 7) is 4.62. The van der Waals surface area contributed by atoms with Crippen molar-refractivity contribution in [2.24, 2.45) is 0 Å². The Morgan fingerprint density at radius 3 is 2.36 bits per heavy atom. The molecule has 6 nitrogen and oxygen atoms in total. The van der Waals surface area contributed by atoms with Crippen molar-refractivity contribution in [1.82, 2.24) is 14.8 Å². The molecule has 0 saturated carbocycles. The van der Waals surface area contributed by atoms with E-state index in [-0.39, 0.29) is 17.7 Å². The molecule has 0 atom stereocenters. The molecule has 1 aromatic carbocycles. The average molecular weight is 402 g/mol. The molecule has 148 valence electrons. The van der Waals surface area contributed by atoms with Gasteiger partial charge in [0.05, 0.1) is 10.6 Å². The molecule has 1 aromatic heterocycles. The normalized spacial score (nSPS) is 17.9. The highest BCUT2D eigenvalue weighted by Crippen LogP contribution is 2.30. The number of likely N-dealkylation sites (tertiary alicyclic amines) is 2. The fourth-order valence-electron chi connectivity index (χ4n) is 3.99. The molecule has 0 N–H and O–H groups in total. The van der Waals surface area contributed by atoms with Gasteiger partial charge in [-0.25, -0.2) is 4.98 Å². The van der Waals surface area contributed by atoms with E-state index in [9.17, 15) is 9.59 Å². The number of piperidine rings is 1. The van der Waals surface area contributed by atoms with Crippen LogP contribution in [-0.4, -0.2) is 52.8 Å². The third-order valence-electron chi connectivity index (χ3n) is 5.64. The largest absolute Gasteiger partial charge is 0.445 e. The van der Waals surface area contributed by atoms with Gasteiger partial charge in [0.1, 0.15) is 5.76 Å². The van der Waals surface area contributed by atoms with Crippen LogP contribution in [0.2, 0.25) is 5.02 Å². The minimum absolute atomic E-state index is 0.0312. The maximum Gasteiger partial charge on any atom is 0.276 e. The Morgan fingerprint density at radius 2 is 1.68 bits per heavy atom. The van der Waals surface area contributed by atoms with Gasteiger partial charge in [-0.05, 0) is 44.7 Å². The molecule has 0 aliphatic carbocycles. The molecule has 2 aliphatic rings. The van der Waals surface area contributed by atoms with Crippen LogP contribution in [-0.2, 0) is 0 Å². The van der Waals surface area contributed by atoms with Gasteiger partial charge in [0.25, 0.3) is 11.8 Å². The number of halogens is 1. The summed E-state index contributed by atoms with van der Waals surface area (Å²) in [6.07, 6.45) is 3.61. The standard InChI is InChI=1S/C21H24ClN3O3/c1-14-18(21(27)24-10-4-5-11-24)23-19(28-14)15-8-12-25(13-9-15)20(26)16-6-2-3-7-17(16)22/h2-3,6-7,15H,4-5,8-13H2,1H3. The molecule has 2 aliphatic heterocycles. The van der Waals surface area contributed by atoms with Crippen LogP contribution in [0.15, 0.2) is 28.7 Å². The number of carbonyl (C=O) groups is 2. The van der Waals surface area contributed by atoms with Crippen molar-refractivity contribution in [2.45, 2.75) is 38.5 Å². The highest BCUT2D eigenvalue weighted by Gasteiger charge is 2.31. The topological polar surface area (TPSA) is 66.7 Å². The number of nitrogens with zero attached hydrogens (tertiary/aromatic N) is 3. The van der Waals surface area contributed by atoms with Crippen LogP contribution < -0.4 is 0 Å². The van der Waals surface area contributed by atoms with Crippen molar-refractivity contribution in [3.8, 4) is 0 Å². The first-order valence-electron chi connectivity index (χ1n) is 9.85. The molecule has 3 heterocycles. The molecule has 0 radical (unpaired) electrons. The van der Waals surface area contributed by atoms with Gasteiger partial charge in [0.2, 0.25) is 0 Å². The summed E-state index contributed by atoms with van der Waals surface area (Å²) in [5, 5.41) is 0.475. The molecular formula is C21H24ClN3O3. The van der Waals surface area contributed by atoms with Crippen LogP contribution in [0.1, 0.15) is 64.1 Å². The summed E-state index contributed by atoms with van der Waals surface area (Å²) in [5.41, 5.74) is 0.972. The molecule has 2 fully saturated rings. The minimum Gasteiger partial charge on any atom is -0.445 e. The van der Waals surface area contributed by atoms with E-state index in [1.165, 1.54) is 0 Å². The third kappa shape index (κ3) is 3.65. The van der Waals surface area contributed by atoms with E-state index in [1.54, 1.807) is 19.1 Å². The average Bonchev–Trinajstić information content (AvgIpc) is 3.37. The Bertz CT molecular complexity index is 881. The monoisotopic (exact) mass is 401 g/mol. The molecule has 0 bridgehead atoms. The van der Waals surface area contributed by atoms with Crippen molar-refractivity contribution < 1.29 is 14.0 Å². The maximum absolute atomic E-state index is 12.7. The number of aromatic nitrogens is 1. The van der Waals surface area contributed by atoms with Gasteiger partial charge in [-0.15, -0.1) is 0 Å². The first-order valence-corrected chi connectivity index (χ1v) is 10.2. The molecule has 2 saturated heterocycles. The number of aryl methyl sites for hydroxylation is 1. The van der Waals surface area contributed by atoms with Gasteiger partial charge in [0.15, 0.2) is 11.6 Å². The van der Waals surface area contributed by atoms with E-state index >= 15 is 0 Å². The van der Waals surface area contributed by atoms with Crippen LogP contribution in [0.4, 0.5) is 0 Å². The summed E-state index contributed by atoms with van der Waals surface area (Å²) in [6, 6.07) is 7.12. The zero-order valence-corrected chi connectivity index (χ0v) is 16.7. The number of hydrogen-bond donors (Lipinski definition) is 0. The van der Waals surface area contributed by atoms with Crippen molar-refractivity contribution in [2.75, 3.05) is 26.2 Å². The van der Waals surface area contributed by atoms with Crippen molar-refractivity contribution in [1.29, 1.82) is 0 Å². The second kappa shape index (κ2) is 7.95. The molecule has 0 spiro atoms. The lowest BCUT2D eigenvalue weighted by atomic mass is 9.96. The molecule has 4 rings (SSSR count). The molecule has 2 amide bonds. The van der Waals surface area contributed by atoms with Crippen LogP contribution in [0.3, 0.4) is 0 Å². The zero-order valence-electron chi connectivity index (χ0n) is 16.0. The van der Waals surface area contributed by atoms with Gasteiger partial charge in [-0.2, -0.15) is 0 Å². The Balaban J connectivity index is 1.41. The summed E-state index contributed by atoms with van der Waals surface area (Å²) in [4.78, 5) is 33.6. The van der Waals surface area contributed by atoms with E-state index < -0.39 is 0 Å². The highest BCUT2D eigenvalue weighted by atomic mass is 35.5. The molecule has 7 heteroatoms. The van der Waals surface area contributed by atoms with Crippen molar-refractivity contribution >= 4 is 23.4 Å². The van der Waals surface area contributed by atoms with E-state index in [0.717, 1.165) is 38.8 Å². The van der Waals surface area contributed by atoms with Gasteiger partial charge in [-0.3, -0.25) is 9.59 Å². The first kappa shape index (κ1) is 19.0. The fraction of sp³-hybridized carbons (Fsp3) is 0.476. The lowest BCUT2D eigenvalue weighted by Gasteiger charge is -2.30.